The van der Waals surface area contributed by atoms with Gasteiger partial charge in [-0.05, 0) is 124 Å². The first-order valence-corrected chi connectivity index (χ1v) is 36.5. The van der Waals surface area contributed by atoms with Gasteiger partial charge in [0.2, 0.25) is 17.7 Å². The van der Waals surface area contributed by atoms with Crippen LogP contribution in [0.2, 0.25) is 0 Å². The van der Waals surface area contributed by atoms with Crippen molar-refractivity contribution in [2.45, 2.75) is 170 Å². The van der Waals surface area contributed by atoms with Crippen molar-refractivity contribution < 1.29 is 85.8 Å². The van der Waals surface area contributed by atoms with Gasteiger partial charge in [0, 0.05) is 56.5 Å². The number of nitrogens with one attached hydrogen (secondary N) is 6. The van der Waals surface area contributed by atoms with Gasteiger partial charge in [-0.3, -0.25) is 57.2 Å². The Morgan fingerprint density at radius 1 is 0.426 bits per heavy atom. The molecule has 0 spiro atoms. The molecule has 1 aliphatic carbocycles. The molecule has 0 radical (unpaired) electrons. The second kappa shape index (κ2) is 44.4. The smallest absolute Gasteiger partial charge is 0.325 e. The molecule has 1 aliphatic rings. The zero-order valence-corrected chi connectivity index (χ0v) is 65.9. The molecule has 6 aromatic rings. The van der Waals surface area contributed by atoms with Gasteiger partial charge in [0.15, 0.2) is 17.1 Å². The lowest BCUT2D eigenvalue weighted by Crippen LogP contribution is -2.41. The summed E-state index contributed by atoms with van der Waals surface area (Å²) < 4.78 is 52.5. The van der Waals surface area contributed by atoms with Crippen molar-refractivity contribution in [1.29, 1.82) is 0 Å². The maximum absolute atomic E-state index is 13.3. The van der Waals surface area contributed by atoms with Gasteiger partial charge in [-0.15, -0.1) is 0 Å². The van der Waals surface area contributed by atoms with Crippen molar-refractivity contribution >= 4 is 53.4 Å². The third-order valence-corrected chi connectivity index (χ3v) is 17.5. The van der Waals surface area contributed by atoms with Crippen molar-refractivity contribution in [3.8, 4) is 68.3 Å². The Labute approximate surface area is 633 Å². The van der Waals surface area contributed by atoms with Gasteiger partial charge in [-0.1, -0.05) is 86.4 Å². The quantitative estimate of drug-likeness (QED) is 0.0154. The van der Waals surface area contributed by atoms with Crippen LogP contribution in [0.1, 0.15) is 170 Å². The van der Waals surface area contributed by atoms with Crippen LogP contribution in [0.15, 0.2) is 72.8 Å². The lowest BCUT2D eigenvalue weighted by Gasteiger charge is -2.20. The number of hydrogen-bond donors (Lipinski definition) is 6. The van der Waals surface area contributed by atoms with Crippen molar-refractivity contribution in [1.82, 2.24) is 61.2 Å². The van der Waals surface area contributed by atoms with Gasteiger partial charge in [-0.2, -0.15) is 15.3 Å². The molecule has 0 aliphatic heterocycles. The zero-order valence-electron chi connectivity index (χ0n) is 65.9. The molecule has 30 nitrogen and oxygen atoms in total. The highest BCUT2D eigenvalue weighted by atomic mass is 16.5. The SMILES string of the molecule is CCC(C)n1nc(C(=O)N[C@H](CC(=O)NCC(=O)OC)CC(C)C)cc1-c1c(OC)cccc1OC.CCCn1nc(C(=O)N[C@H](CC(=O)NCC(=O)OC)CC(C)C)cc1-c1c(OC)cccc1OC.COC(=O)CNC(=O)C[C@H](CC(C)C)NC(=O)c1cc(-c2c(OC)cccc2OC)n(CCC2CC2)n1. The monoisotopic (exact) mass is 1500 g/mol. The summed E-state index contributed by atoms with van der Waals surface area (Å²) in [5, 5.41) is 30.2. The highest BCUT2D eigenvalue weighted by Crippen LogP contribution is 2.43. The van der Waals surface area contributed by atoms with Crippen LogP contribution in [0.25, 0.3) is 33.8 Å². The Hall–Kier alpha value is -10.7. The third-order valence-electron chi connectivity index (χ3n) is 17.5. The van der Waals surface area contributed by atoms with E-state index in [0.29, 0.717) is 95.3 Å². The van der Waals surface area contributed by atoms with E-state index in [1.54, 1.807) is 70.2 Å². The number of aromatic nitrogens is 6. The number of hydrogen-bond acceptors (Lipinski definition) is 21. The highest BCUT2D eigenvalue weighted by molar-refractivity contribution is 5.97. The van der Waals surface area contributed by atoms with Gasteiger partial charge in [0.05, 0.1) is 97.8 Å². The largest absolute Gasteiger partial charge is 0.496 e. The van der Waals surface area contributed by atoms with E-state index < -0.39 is 41.9 Å². The van der Waals surface area contributed by atoms with Crippen LogP contribution in [0.3, 0.4) is 0 Å². The van der Waals surface area contributed by atoms with E-state index in [2.05, 4.69) is 61.4 Å². The predicted octanol–water partition coefficient (Wildman–Crippen LogP) is 9.35. The van der Waals surface area contributed by atoms with Gasteiger partial charge in [0.25, 0.3) is 17.7 Å². The summed E-state index contributed by atoms with van der Waals surface area (Å²) in [7, 11) is 13.3. The zero-order chi connectivity index (χ0) is 79.7. The minimum atomic E-state index is -0.539. The molecule has 6 N–H and O–H groups in total. The first-order valence-electron chi connectivity index (χ1n) is 36.5. The molecule has 7 rings (SSSR count). The molecule has 108 heavy (non-hydrogen) atoms. The molecule has 6 amide bonds. The number of nitrogens with zero attached hydrogens (tertiary/aromatic N) is 6. The summed E-state index contributed by atoms with van der Waals surface area (Å²) in [6.45, 7) is 18.8. The molecule has 0 bridgehead atoms. The number of amides is 6. The average Bonchev–Trinajstić information content (AvgIpc) is 1.63. The summed E-state index contributed by atoms with van der Waals surface area (Å²) in [5.41, 5.74) is 4.97. The van der Waals surface area contributed by atoms with E-state index >= 15 is 0 Å². The molecule has 3 aromatic heterocycles. The molecule has 592 valence electrons. The van der Waals surface area contributed by atoms with E-state index in [1.807, 2.05) is 122 Å². The van der Waals surface area contributed by atoms with Crippen molar-refractivity contribution in [3.05, 3.63) is 89.9 Å². The van der Waals surface area contributed by atoms with Crippen molar-refractivity contribution in [2.24, 2.45) is 23.7 Å². The van der Waals surface area contributed by atoms with Crippen LogP contribution in [-0.2, 0) is 56.1 Å². The van der Waals surface area contributed by atoms with E-state index in [-0.39, 0.29) is 109 Å². The standard InChI is InChI=1S/C27H38N4O6.C26H38N4O6.C25H36N4O6/c1-17(2)13-19(14-24(32)28-16-25(33)37-5)29-27(34)20-15-21(31(30-20)12-11-18-9-10-18)26-22(35-3)7-6-8-23(26)36-4;1-8-17(4)30-20(25-21(34-5)10-9-11-22(25)35-6)14-19(29-30)26(33)28-18(12-16(2)3)13-23(31)27-15-24(32)36-7;1-7-11-29-19(24-20(33-4)9-8-10-21(24)34-5)14-18(28-29)25(32)27-17(12-16(2)3)13-22(30)26-15-23(31)35-6/h6-8,15,17-19H,9-14,16H2,1-5H3,(H,28,32)(H,29,34);9-11,14,16-18H,8,12-13,15H2,1-7H3,(H,27,31)(H,28,33);8-10,14,16-17H,7,11-13,15H2,1-6H3,(H,26,30)(H,27,32)/t19-;17?,18-;17-/m000/s1. The number of carbonyl (C=O) groups excluding carboxylic acids is 9. The van der Waals surface area contributed by atoms with E-state index in [0.717, 1.165) is 30.5 Å². The third kappa shape index (κ3) is 27.0. The molecule has 0 saturated heterocycles. The maximum atomic E-state index is 13.3. The molecule has 30 heteroatoms. The maximum Gasteiger partial charge on any atom is 0.325 e. The van der Waals surface area contributed by atoms with Gasteiger partial charge in [-0.25, -0.2) is 0 Å². The van der Waals surface area contributed by atoms with Crippen LogP contribution >= 0.6 is 0 Å². The van der Waals surface area contributed by atoms with Crippen molar-refractivity contribution in [3.63, 3.8) is 0 Å². The van der Waals surface area contributed by atoms with Crippen LogP contribution in [0, 0.1) is 23.7 Å². The molecule has 1 fully saturated rings. The average molecular weight is 1510 g/mol. The normalized spacial score (nSPS) is 12.6. The van der Waals surface area contributed by atoms with Crippen LogP contribution in [0.5, 0.6) is 34.5 Å². The highest BCUT2D eigenvalue weighted by Gasteiger charge is 2.30. The Morgan fingerprint density at radius 2 is 0.722 bits per heavy atom. The second-order valence-electron chi connectivity index (χ2n) is 27.3. The fraction of sp³-hybridized carbons (Fsp3) is 0.538. The molecular weight excluding hydrogens is 1390 g/mol. The number of carbonyl (C=O) groups is 9. The summed E-state index contributed by atoms with van der Waals surface area (Å²) in [4.78, 5) is 111. The molecule has 1 saturated carbocycles. The van der Waals surface area contributed by atoms with Gasteiger partial charge >= 0.3 is 17.9 Å². The van der Waals surface area contributed by atoms with E-state index in [1.165, 1.54) is 34.2 Å². The topological polar surface area (TPSA) is 362 Å². The predicted molar refractivity (Wildman–Crippen MR) is 406 cm³/mol. The summed E-state index contributed by atoms with van der Waals surface area (Å²) in [6, 6.07) is 20.4. The second-order valence-corrected chi connectivity index (χ2v) is 27.3. The van der Waals surface area contributed by atoms with Crippen molar-refractivity contribution in [2.75, 3.05) is 83.6 Å². The molecule has 4 atom stereocenters. The Balaban J connectivity index is 0.000000291. The summed E-state index contributed by atoms with van der Waals surface area (Å²) >= 11 is 0. The number of ether oxygens (including phenoxy) is 9. The van der Waals surface area contributed by atoms with Gasteiger partial charge in [0.1, 0.15) is 54.1 Å². The minimum absolute atomic E-state index is 0.00623. The molecule has 1 unspecified atom stereocenters. The molecular formula is C78H112N12O18. The summed E-state index contributed by atoms with van der Waals surface area (Å²) in [6.07, 6.45) is 6.87. The Kier molecular flexibility index (Phi) is 36.2. The number of methoxy groups -OCH3 is 9. The number of esters is 3. The molecule has 3 aromatic carbocycles. The fourth-order valence-corrected chi connectivity index (χ4v) is 11.9. The fourth-order valence-electron chi connectivity index (χ4n) is 11.9. The minimum Gasteiger partial charge on any atom is -0.496 e. The van der Waals surface area contributed by atoms with Gasteiger partial charge < -0.3 is 74.5 Å². The molecule has 3 heterocycles. The number of rotatable bonds is 40. The lowest BCUT2D eigenvalue weighted by atomic mass is 10.0. The van der Waals surface area contributed by atoms with E-state index in [4.69, 9.17) is 28.4 Å². The lowest BCUT2D eigenvalue weighted by molar-refractivity contribution is -0.141. The van der Waals surface area contributed by atoms with Crippen LogP contribution < -0.4 is 60.3 Å². The number of benzene rings is 3. The van der Waals surface area contributed by atoms with Crippen LogP contribution in [0.4, 0.5) is 0 Å². The first kappa shape index (κ1) is 88.0. The first-order chi connectivity index (χ1) is 51.6. The van der Waals surface area contributed by atoms with E-state index in [9.17, 15) is 43.2 Å². The Morgan fingerprint density at radius 3 is 1.00 bits per heavy atom. The number of aryl methyl sites for hydroxylation is 2. The van der Waals surface area contributed by atoms with Crippen LogP contribution in [-0.4, -0.2) is 184 Å². The Bertz CT molecular complexity index is 3880. The summed E-state index contributed by atoms with van der Waals surface area (Å²) in [5.74, 6) is 1.26.